The number of nitrogens with zero attached hydrogens (tertiary/aromatic N) is 4. The molecular weight excluding hydrogens is 354 g/mol. The molecule has 3 aromatic rings. The molecule has 28 heavy (non-hydrogen) atoms. The van der Waals surface area contributed by atoms with Crippen LogP contribution in [-0.2, 0) is 11.3 Å². The highest BCUT2D eigenvalue weighted by atomic mass is 16.2. The van der Waals surface area contributed by atoms with Crippen molar-refractivity contribution in [3.8, 4) is 5.69 Å². The fourth-order valence-electron chi connectivity index (χ4n) is 2.84. The van der Waals surface area contributed by atoms with Crippen molar-refractivity contribution in [2.24, 2.45) is 0 Å². The Morgan fingerprint density at radius 2 is 1.79 bits per heavy atom. The maximum Gasteiger partial charge on any atom is 0.254 e. The zero-order chi connectivity index (χ0) is 20.1. The SMILES string of the molecule is CC(=O)NCc1ccc(C(=O)N(C)C(C)c2ccc(-n3cncn3)cc2)cc1. The van der Waals surface area contributed by atoms with E-state index in [1.165, 1.54) is 13.3 Å². The first-order valence-corrected chi connectivity index (χ1v) is 9.01. The van der Waals surface area contributed by atoms with Gasteiger partial charge in [0.25, 0.3) is 5.91 Å². The van der Waals surface area contributed by atoms with E-state index in [1.807, 2.05) is 43.3 Å². The molecule has 1 atom stereocenters. The molecule has 2 aromatic carbocycles. The number of amides is 2. The van der Waals surface area contributed by atoms with Gasteiger partial charge in [0, 0.05) is 26.1 Å². The summed E-state index contributed by atoms with van der Waals surface area (Å²) in [5, 5.41) is 6.85. The van der Waals surface area contributed by atoms with Crippen LogP contribution >= 0.6 is 0 Å². The molecule has 0 saturated heterocycles. The molecule has 0 bridgehead atoms. The Bertz CT molecular complexity index is 934. The lowest BCUT2D eigenvalue weighted by Crippen LogP contribution is -2.29. The zero-order valence-electron chi connectivity index (χ0n) is 16.2. The van der Waals surface area contributed by atoms with E-state index >= 15 is 0 Å². The fourth-order valence-corrected chi connectivity index (χ4v) is 2.84. The van der Waals surface area contributed by atoms with Crippen molar-refractivity contribution < 1.29 is 9.59 Å². The Morgan fingerprint density at radius 1 is 1.11 bits per heavy atom. The highest BCUT2D eigenvalue weighted by Gasteiger charge is 2.19. The number of carbonyl (C=O) groups excluding carboxylic acids is 2. The standard InChI is InChI=1S/C21H23N5O2/c1-15(18-8-10-20(11-9-18)26-14-22-13-24-26)25(3)21(28)19-6-4-17(5-7-19)12-23-16(2)27/h4-11,13-15H,12H2,1-3H3,(H,23,27). The lowest BCUT2D eigenvalue weighted by molar-refractivity contribution is -0.119. The van der Waals surface area contributed by atoms with E-state index in [1.54, 1.807) is 35.1 Å². The number of aromatic nitrogens is 3. The average molecular weight is 377 g/mol. The molecule has 1 unspecified atom stereocenters. The first-order valence-electron chi connectivity index (χ1n) is 9.01. The van der Waals surface area contributed by atoms with Gasteiger partial charge in [0.05, 0.1) is 11.7 Å². The van der Waals surface area contributed by atoms with Gasteiger partial charge in [0.2, 0.25) is 5.91 Å². The van der Waals surface area contributed by atoms with Crippen LogP contribution < -0.4 is 5.32 Å². The smallest absolute Gasteiger partial charge is 0.254 e. The third kappa shape index (κ3) is 4.43. The minimum absolute atomic E-state index is 0.0565. The van der Waals surface area contributed by atoms with Gasteiger partial charge in [-0.15, -0.1) is 0 Å². The molecule has 0 radical (unpaired) electrons. The van der Waals surface area contributed by atoms with E-state index in [-0.39, 0.29) is 17.9 Å². The second-order valence-electron chi connectivity index (χ2n) is 6.63. The number of carbonyl (C=O) groups is 2. The van der Waals surface area contributed by atoms with Crippen molar-refractivity contribution in [1.82, 2.24) is 25.0 Å². The molecule has 1 heterocycles. The summed E-state index contributed by atoms with van der Waals surface area (Å²) in [5.74, 6) is -0.137. The normalized spacial score (nSPS) is 11.7. The van der Waals surface area contributed by atoms with E-state index in [4.69, 9.17) is 0 Å². The summed E-state index contributed by atoms with van der Waals surface area (Å²) < 4.78 is 1.69. The Hall–Kier alpha value is -3.48. The quantitative estimate of drug-likeness (QED) is 0.716. The summed E-state index contributed by atoms with van der Waals surface area (Å²) >= 11 is 0. The molecule has 1 N–H and O–H groups in total. The van der Waals surface area contributed by atoms with Gasteiger partial charge < -0.3 is 10.2 Å². The molecule has 0 aliphatic rings. The minimum Gasteiger partial charge on any atom is -0.352 e. The number of benzene rings is 2. The molecule has 0 spiro atoms. The van der Waals surface area contributed by atoms with Gasteiger partial charge in [0.15, 0.2) is 0 Å². The topological polar surface area (TPSA) is 80.1 Å². The van der Waals surface area contributed by atoms with Crippen LogP contribution in [0.15, 0.2) is 61.2 Å². The van der Waals surface area contributed by atoms with E-state index in [0.717, 1.165) is 16.8 Å². The van der Waals surface area contributed by atoms with Gasteiger partial charge in [-0.05, 0) is 42.3 Å². The first-order chi connectivity index (χ1) is 13.5. The molecule has 3 rings (SSSR count). The highest BCUT2D eigenvalue weighted by molar-refractivity contribution is 5.94. The Morgan fingerprint density at radius 3 is 2.36 bits per heavy atom. The molecule has 144 valence electrons. The predicted octanol–water partition coefficient (Wildman–Crippen LogP) is 2.74. The zero-order valence-corrected chi connectivity index (χ0v) is 16.2. The minimum atomic E-state index is -0.0867. The molecule has 0 saturated carbocycles. The maximum atomic E-state index is 12.8. The lowest BCUT2D eigenvalue weighted by atomic mass is 10.0. The van der Waals surface area contributed by atoms with Crippen LogP contribution in [0.2, 0.25) is 0 Å². The largest absolute Gasteiger partial charge is 0.352 e. The number of rotatable bonds is 6. The summed E-state index contributed by atoms with van der Waals surface area (Å²) in [6.07, 6.45) is 3.13. The number of hydrogen-bond acceptors (Lipinski definition) is 4. The van der Waals surface area contributed by atoms with E-state index in [9.17, 15) is 9.59 Å². The summed E-state index contributed by atoms with van der Waals surface area (Å²) in [6.45, 7) is 3.93. The Balaban J connectivity index is 1.67. The van der Waals surface area contributed by atoms with Crippen molar-refractivity contribution in [2.45, 2.75) is 26.4 Å². The van der Waals surface area contributed by atoms with Crippen LogP contribution in [0.4, 0.5) is 0 Å². The van der Waals surface area contributed by atoms with E-state index in [2.05, 4.69) is 15.4 Å². The third-order valence-electron chi connectivity index (χ3n) is 4.70. The summed E-state index contributed by atoms with van der Waals surface area (Å²) in [6, 6.07) is 15.1. The second kappa shape index (κ2) is 8.47. The van der Waals surface area contributed by atoms with Crippen LogP contribution in [0.3, 0.4) is 0 Å². The number of nitrogens with one attached hydrogen (secondary N) is 1. The van der Waals surface area contributed by atoms with Crippen LogP contribution in [0.5, 0.6) is 0 Å². The molecule has 0 aliphatic heterocycles. The molecular formula is C21H23N5O2. The second-order valence-corrected chi connectivity index (χ2v) is 6.63. The fraction of sp³-hybridized carbons (Fsp3) is 0.238. The monoisotopic (exact) mass is 377 g/mol. The van der Waals surface area contributed by atoms with Gasteiger partial charge in [-0.25, -0.2) is 9.67 Å². The van der Waals surface area contributed by atoms with Crippen LogP contribution in [-0.4, -0.2) is 38.5 Å². The van der Waals surface area contributed by atoms with Gasteiger partial charge in [0.1, 0.15) is 12.7 Å². The van der Waals surface area contributed by atoms with Gasteiger partial charge >= 0.3 is 0 Å². The van der Waals surface area contributed by atoms with E-state index in [0.29, 0.717) is 12.1 Å². The predicted molar refractivity (Wildman–Crippen MR) is 106 cm³/mol. The van der Waals surface area contributed by atoms with E-state index < -0.39 is 0 Å². The van der Waals surface area contributed by atoms with Gasteiger partial charge in [-0.3, -0.25) is 9.59 Å². The maximum absolute atomic E-state index is 12.8. The van der Waals surface area contributed by atoms with Crippen molar-refractivity contribution >= 4 is 11.8 Å². The van der Waals surface area contributed by atoms with Crippen molar-refractivity contribution in [3.05, 3.63) is 77.9 Å². The van der Waals surface area contributed by atoms with Gasteiger partial charge in [-0.1, -0.05) is 24.3 Å². The summed E-state index contributed by atoms with van der Waals surface area (Å²) in [5.41, 5.74) is 3.51. The van der Waals surface area contributed by atoms with Crippen LogP contribution in [0.25, 0.3) is 5.69 Å². The summed E-state index contributed by atoms with van der Waals surface area (Å²) in [7, 11) is 1.80. The van der Waals surface area contributed by atoms with Gasteiger partial charge in [-0.2, -0.15) is 5.10 Å². The van der Waals surface area contributed by atoms with Crippen molar-refractivity contribution in [3.63, 3.8) is 0 Å². The molecule has 7 heteroatoms. The molecule has 0 fully saturated rings. The van der Waals surface area contributed by atoms with Crippen LogP contribution in [0.1, 0.15) is 41.4 Å². The molecule has 7 nitrogen and oxygen atoms in total. The van der Waals surface area contributed by atoms with Crippen molar-refractivity contribution in [1.29, 1.82) is 0 Å². The average Bonchev–Trinajstić information content (AvgIpc) is 3.26. The summed E-state index contributed by atoms with van der Waals surface area (Å²) in [4.78, 5) is 29.5. The molecule has 1 aromatic heterocycles. The van der Waals surface area contributed by atoms with Crippen LogP contribution in [0, 0.1) is 0 Å². The van der Waals surface area contributed by atoms with Crippen molar-refractivity contribution in [2.75, 3.05) is 7.05 Å². The lowest BCUT2D eigenvalue weighted by Gasteiger charge is -2.25. The molecule has 0 aliphatic carbocycles. The number of hydrogen-bond donors (Lipinski definition) is 1. The first kappa shape index (κ1) is 19.3. The Kier molecular flexibility index (Phi) is 5.84. The highest BCUT2D eigenvalue weighted by Crippen LogP contribution is 2.22. The third-order valence-corrected chi connectivity index (χ3v) is 4.70. The molecule has 2 amide bonds. The Labute approximate surface area is 164 Å².